The molecule has 1 aliphatic rings. The zero-order valence-electron chi connectivity index (χ0n) is 13.3. The molecular formula is C16H19N7O. The zero-order chi connectivity index (χ0) is 16.2. The number of aromatic nitrogens is 6. The lowest BCUT2D eigenvalue weighted by Gasteiger charge is -2.31. The number of hydrogen-bond donors (Lipinski definition) is 0. The molecule has 1 atom stereocenters. The van der Waals surface area contributed by atoms with Gasteiger partial charge in [0.05, 0.1) is 6.54 Å². The van der Waals surface area contributed by atoms with E-state index in [1.165, 1.54) is 12.8 Å². The van der Waals surface area contributed by atoms with Crippen molar-refractivity contribution in [3.05, 3.63) is 43.1 Å². The summed E-state index contributed by atoms with van der Waals surface area (Å²) in [4.78, 5) is 14.9. The molecule has 24 heavy (non-hydrogen) atoms. The molecule has 0 aliphatic carbocycles. The molecular weight excluding hydrogens is 306 g/mol. The normalized spacial score (nSPS) is 18.8. The van der Waals surface area contributed by atoms with E-state index in [9.17, 15) is 0 Å². The molecule has 1 aliphatic heterocycles. The van der Waals surface area contributed by atoms with Crippen molar-refractivity contribution in [2.75, 3.05) is 13.1 Å². The number of hydrogen-bond acceptors (Lipinski definition) is 7. The first-order valence-corrected chi connectivity index (χ1v) is 8.14. The van der Waals surface area contributed by atoms with Gasteiger partial charge in [-0.1, -0.05) is 5.16 Å². The molecule has 8 heteroatoms. The Morgan fingerprint density at radius 3 is 3.12 bits per heavy atom. The van der Waals surface area contributed by atoms with Gasteiger partial charge in [0, 0.05) is 31.0 Å². The van der Waals surface area contributed by atoms with Crippen LogP contribution in [-0.4, -0.2) is 47.9 Å². The van der Waals surface area contributed by atoms with Crippen molar-refractivity contribution >= 4 is 0 Å². The molecule has 4 rings (SSSR count). The Bertz CT molecular complexity index is 756. The molecule has 0 bridgehead atoms. The third-order valence-corrected chi connectivity index (χ3v) is 4.26. The van der Waals surface area contributed by atoms with Crippen molar-refractivity contribution in [2.24, 2.45) is 5.92 Å². The molecule has 1 unspecified atom stereocenters. The largest absolute Gasteiger partial charge is 0.338 e. The van der Waals surface area contributed by atoms with Gasteiger partial charge in [-0.2, -0.15) is 10.1 Å². The minimum Gasteiger partial charge on any atom is -0.338 e. The summed E-state index contributed by atoms with van der Waals surface area (Å²) >= 11 is 0. The van der Waals surface area contributed by atoms with Crippen molar-refractivity contribution in [1.29, 1.82) is 0 Å². The second kappa shape index (κ2) is 6.88. The topological polar surface area (TPSA) is 85.8 Å². The van der Waals surface area contributed by atoms with Crippen LogP contribution in [0, 0.1) is 5.92 Å². The van der Waals surface area contributed by atoms with Crippen LogP contribution in [0.3, 0.4) is 0 Å². The fourth-order valence-corrected chi connectivity index (χ4v) is 3.16. The molecule has 3 aromatic rings. The van der Waals surface area contributed by atoms with Gasteiger partial charge in [0.1, 0.15) is 12.7 Å². The van der Waals surface area contributed by atoms with Gasteiger partial charge in [0.2, 0.25) is 11.7 Å². The van der Waals surface area contributed by atoms with Gasteiger partial charge in [0.15, 0.2) is 0 Å². The highest BCUT2D eigenvalue weighted by atomic mass is 16.5. The number of rotatable bonds is 5. The fourth-order valence-electron chi connectivity index (χ4n) is 3.16. The van der Waals surface area contributed by atoms with Crippen molar-refractivity contribution in [3.8, 4) is 11.4 Å². The standard InChI is InChI=1S/C16H19N7O/c1-4-14(7-17-5-1)16-20-15(24-21-16)10-22-6-2-3-13(8-22)9-23-12-18-11-19-23/h1,4-5,7,11-13H,2-3,6,8-10H2. The average molecular weight is 325 g/mol. The molecule has 0 N–H and O–H groups in total. The van der Waals surface area contributed by atoms with Crippen LogP contribution >= 0.6 is 0 Å². The monoisotopic (exact) mass is 325 g/mol. The van der Waals surface area contributed by atoms with E-state index in [0.29, 0.717) is 24.2 Å². The molecule has 0 spiro atoms. The van der Waals surface area contributed by atoms with Crippen molar-refractivity contribution in [1.82, 2.24) is 34.8 Å². The van der Waals surface area contributed by atoms with Crippen LogP contribution in [0.25, 0.3) is 11.4 Å². The molecule has 0 amide bonds. The first kappa shape index (κ1) is 14.9. The summed E-state index contributed by atoms with van der Waals surface area (Å²) in [6, 6.07) is 3.79. The summed E-state index contributed by atoms with van der Waals surface area (Å²) in [6.45, 7) is 3.64. The Balaban J connectivity index is 1.37. The van der Waals surface area contributed by atoms with Gasteiger partial charge >= 0.3 is 0 Å². The van der Waals surface area contributed by atoms with Gasteiger partial charge in [-0.05, 0) is 37.4 Å². The summed E-state index contributed by atoms with van der Waals surface area (Å²) < 4.78 is 7.31. The molecule has 3 aromatic heterocycles. The first-order chi connectivity index (χ1) is 11.9. The van der Waals surface area contributed by atoms with Crippen molar-refractivity contribution in [2.45, 2.75) is 25.9 Å². The predicted octanol–water partition coefficient (Wildman–Crippen LogP) is 1.64. The Labute approximate surface area is 139 Å². The van der Waals surface area contributed by atoms with Gasteiger partial charge in [0.25, 0.3) is 0 Å². The molecule has 0 saturated carbocycles. The summed E-state index contributed by atoms with van der Waals surface area (Å²) in [5.74, 6) is 1.81. The summed E-state index contributed by atoms with van der Waals surface area (Å²) in [6.07, 6.45) is 9.21. The van der Waals surface area contributed by atoms with E-state index in [4.69, 9.17) is 4.52 Å². The van der Waals surface area contributed by atoms with Crippen molar-refractivity contribution in [3.63, 3.8) is 0 Å². The highest BCUT2D eigenvalue weighted by Gasteiger charge is 2.22. The zero-order valence-corrected chi connectivity index (χ0v) is 13.3. The molecule has 124 valence electrons. The van der Waals surface area contributed by atoms with Crippen molar-refractivity contribution < 1.29 is 4.52 Å². The molecule has 8 nitrogen and oxygen atoms in total. The van der Waals surface area contributed by atoms with Crippen LogP contribution in [-0.2, 0) is 13.1 Å². The molecule has 1 saturated heterocycles. The maximum absolute atomic E-state index is 5.40. The molecule has 4 heterocycles. The Kier molecular flexibility index (Phi) is 4.28. The smallest absolute Gasteiger partial charge is 0.241 e. The minimum atomic E-state index is 0.571. The van der Waals surface area contributed by atoms with Crippen LogP contribution in [0.5, 0.6) is 0 Å². The Morgan fingerprint density at radius 1 is 1.29 bits per heavy atom. The van der Waals surface area contributed by atoms with E-state index in [1.54, 1.807) is 25.0 Å². The van der Waals surface area contributed by atoms with Gasteiger partial charge in [-0.25, -0.2) is 4.98 Å². The fraction of sp³-hybridized carbons (Fsp3) is 0.438. The van der Waals surface area contributed by atoms with E-state index in [-0.39, 0.29) is 0 Å². The van der Waals surface area contributed by atoms with Crippen LogP contribution in [0.1, 0.15) is 18.7 Å². The third-order valence-electron chi connectivity index (χ3n) is 4.26. The number of pyridine rings is 1. The lowest BCUT2D eigenvalue weighted by Crippen LogP contribution is -2.36. The predicted molar refractivity (Wildman–Crippen MR) is 85.6 cm³/mol. The van der Waals surface area contributed by atoms with E-state index in [2.05, 4.69) is 30.1 Å². The van der Waals surface area contributed by atoms with Gasteiger partial charge in [-0.15, -0.1) is 0 Å². The second-order valence-corrected chi connectivity index (χ2v) is 6.11. The van der Waals surface area contributed by atoms with E-state index < -0.39 is 0 Å². The summed E-state index contributed by atoms with van der Waals surface area (Å²) in [5, 5.41) is 8.25. The summed E-state index contributed by atoms with van der Waals surface area (Å²) in [5.41, 5.74) is 0.871. The molecule has 0 radical (unpaired) electrons. The number of likely N-dealkylation sites (tertiary alicyclic amines) is 1. The minimum absolute atomic E-state index is 0.571. The average Bonchev–Trinajstić information content (AvgIpc) is 3.28. The lowest BCUT2D eigenvalue weighted by atomic mass is 9.98. The SMILES string of the molecule is c1cncc(-c2noc(CN3CCCC(Cn4cncn4)C3)n2)c1. The highest BCUT2D eigenvalue weighted by Crippen LogP contribution is 2.20. The number of piperidine rings is 1. The second-order valence-electron chi connectivity index (χ2n) is 6.11. The number of nitrogens with zero attached hydrogens (tertiary/aromatic N) is 7. The molecule has 0 aromatic carbocycles. The Hall–Kier alpha value is -2.61. The van der Waals surface area contributed by atoms with E-state index in [0.717, 1.165) is 25.2 Å². The molecule has 1 fully saturated rings. The van der Waals surface area contributed by atoms with E-state index >= 15 is 0 Å². The maximum atomic E-state index is 5.40. The van der Waals surface area contributed by atoms with Gasteiger partial charge in [-0.3, -0.25) is 14.6 Å². The third kappa shape index (κ3) is 3.48. The lowest BCUT2D eigenvalue weighted by molar-refractivity contribution is 0.138. The van der Waals surface area contributed by atoms with Crippen LogP contribution in [0.4, 0.5) is 0 Å². The Morgan fingerprint density at radius 2 is 2.29 bits per heavy atom. The maximum Gasteiger partial charge on any atom is 0.241 e. The first-order valence-electron chi connectivity index (χ1n) is 8.14. The van der Waals surface area contributed by atoms with Gasteiger partial charge < -0.3 is 4.52 Å². The van der Waals surface area contributed by atoms with E-state index in [1.807, 2.05) is 16.8 Å². The van der Waals surface area contributed by atoms with Crippen LogP contribution in [0.2, 0.25) is 0 Å². The van der Waals surface area contributed by atoms with Crippen LogP contribution < -0.4 is 0 Å². The quantitative estimate of drug-likeness (QED) is 0.704. The van der Waals surface area contributed by atoms with Crippen LogP contribution in [0.15, 0.2) is 41.7 Å². The highest BCUT2D eigenvalue weighted by molar-refractivity contribution is 5.51. The summed E-state index contributed by atoms with van der Waals surface area (Å²) in [7, 11) is 0.